The number of aromatic amines is 2. The number of aryl methyl sites for hydroxylation is 2. The Labute approximate surface area is 123 Å². The van der Waals surface area contributed by atoms with Crippen molar-refractivity contribution >= 4 is 0 Å². The van der Waals surface area contributed by atoms with Gasteiger partial charge >= 0.3 is 5.69 Å². The molecule has 1 heterocycles. The average Bonchev–Trinajstić information content (AvgIpc) is 2.36. The second kappa shape index (κ2) is 6.54. The lowest BCUT2D eigenvalue weighted by Gasteiger charge is -2.09. The molecule has 0 fully saturated rings. The summed E-state index contributed by atoms with van der Waals surface area (Å²) in [6.45, 7) is 6.63. The molecule has 0 aliphatic rings. The van der Waals surface area contributed by atoms with Gasteiger partial charge in [0.2, 0.25) is 0 Å². The lowest BCUT2D eigenvalue weighted by molar-refractivity contribution is 0.132. The molecular formula is C16H20N2O3. The SMILES string of the molecule is CCOCc1c(Cc2cc(C)cc(C)c2)[nH]c(=O)[nH]c1=O. The van der Waals surface area contributed by atoms with E-state index in [-0.39, 0.29) is 12.2 Å². The summed E-state index contributed by atoms with van der Waals surface area (Å²) in [5.41, 5.74) is 3.60. The molecule has 0 aliphatic carbocycles. The van der Waals surface area contributed by atoms with Gasteiger partial charge in [-0.2, -0.15) is 0 Å². The Balaban J connectivity index is 2.42. The van der Waals surface area contributed by atoms with Crippen LogP contribution in [0.3, 0.4) is 0 Å². The van der Waals surface area contributed by atoms with Gasteiger partial charge in [0.25, 0.3) is 5.56 Å². The molecule has 112 valence electrons. The van der Waals surface area contributed by atoms with Gasteiger partial charge in [-0.05, 0) is 26.3 Å². The number of H-pyrrole nitrogens is 2. The summed E-state index contributed by atoms with van der Waals surface area (Å²) in [6.07, 6.45) is 0.504. The molecular weight excluding hydrogens is 268 g/mol. The standard InChI is InChI=1S/C16H20N2O3/c1-4-21-9-13-14(17-16(20)18-15(13)19)8-12-6-10(2)5-11(3)7-12/h5-7H,4,8-9H2,1-3H3,(H2,17,18,19,20). The van der Waals surface area contributed by atoms with Crippen molar-refractivity contribution < 1.29 is 4.74 Å². The molecule has 0 aliphatic heterocycles. The van der Waals surface area contributed by atoms with Gasteiger partial charge in [-0.3, -0.25) is 9.78 Å². The van der Waals surface area contributed by atoms with E-state index in [0.717, 1.165) is 16.7 Å². The molecule has 0 bridgehead atoms. The highest BCUT2D eigenvalue weighted by atomic mass is 16.5. The van der Waals surface area contributed by atoms with Crippen LogP contribution in [0.2, 0.25) is 0 Å². The minimum Gasteiger partial charge on any atom is -0.377 e. The highest BCUT2D eigenvalue weighted by molar-refractivity contribution is 5.32. The van der Waals surface area contributed by atoms with Gasteiger partial charge < -0.3 is 9.72 Å². The molecule has 1 aromatic carbocycles. The lowest BCUT2D eigenvalue weighted by atomic mass is 10.0. The van der Waals surface area contributed by atoms with E-state index in [1.54, 1.807) is 0 Å². The first-order chi connectivity index (χ1) is 9.99. The molecule has 0 saturated carbocycles. The van der Waals surface area contributed by atoms with E-state index in [1.165, 1.54) is 0 Å². The summed E-state index contributed by atoms with van der Waals surface area (Å²) in [7, 11) is 0. The van der Waals surface area contributed by atoms with Crippen LogP contribution in [0.25, 0.3) is 0 Å². The fourth-order valence-electron chi connectivity index (χ4n) is 2.44. The predicted molar refractivity (Wildman–Crippen MR) is 81.7 cm³/mol. The Morgan fingerprint density at radius 1 is 1.05 bits per heavy atom. The van der Waals surface area contributed by atoms with E-state index in [0.29, 0.717) is 24.3 Å². The second-order valence-corrected chi connectivity index (χ2v) is 5.18. The van der Waals surface area contributed by atoms with Gasteiger partial charge in [-0.25, -0.2) is 4.79 Å². The van der Waals surface area contributed by atoms with Crippen LogP contribution in [-0.4, -0.2) is 16.6 Å². The van der Waals surface area contributed by atoms with Crippen molar-refractivity contribution in [1.82, 2.24) is 9.97 Å². The lowest BCUT2D eigenvalue weighted by Crippen LogP contribution is -2.28. The monoisotopic (exact) mass is 288 g/mol. The van der Waals surface area contributed by atoms with Gasteiger partial charge in [-0.1, -0.05) is 29.3 Å². The van der Waals surface area contributed by atoms with Crippen LogP contribution in [0.15, 0.2) is 27.8 Å². The molecule has 0 amide bonds. The number of ether oxygens (including phenoxy) is 1. The van der Waals surface area contributed by atoms with Gasteiger partial charge in [0, 0.05) is 18.7 Å². The van der Waals surface area contributed by atoms with Crippen LogP contribution in [0.1, 0.15) is 34.9 Å². The molecule has 2 N–H and O–H groups in total. The Kier molecular flexibility index (Phi) is 4.75. The number of rotatable bonds is 5. The third-order valence-electron chi connectivity index (χ3n) is 3.24. The van der Waals surface area contributed by atoms with Crippen molar-refractivity contribution in [1.29, 1.82) is 0 Å². The van der Waals surface area contributed by atoms with E-state index >= 15 is 0 Å². The topological polar surface area (TPSA) is 75.0 Å². The summed E-state index contributed by atoms with van der Waals surface area (Å²) < 4.78 is 5.32. The zero-order valence-corrected chi connectivity index (χ0v) is 12.6. The third kappa shape index (κ3) is 3.92. The Bertz CT molecular complexity index is 724. The molecule has 21 heavy (non-hydrogen) atoms. The number of nitrogens with one attached hydrogen (secondary N) is 2. The maximum absolute atomic E-state index is 11.9. The van der Waals surface area contributed by atoms with Crippen molar-refractivity contribution in [3.63, 3.8) is 0 Å². The van der Waals surface area contributed by atoms with Gasteiger partial charge in [0.15, 0.2) is 0 Å². The van der Waals surface area contributed by atoms with Gasteiger partial charge in [0.1, 0.15) is 0 Å². The highest BCUT2D eigenvalue weighted by Gasteiger charge is 2.10. The minimum absolute atomic E-state index is 0.197. The first kappa shape index (κ1) is 15.3. The van der Waals surface area contributed by atoms with Crippen molar-refractivity contribution in [2.45, 2.75) is 33.8 Å². The average molecular weight is 288 g/mol. The molecule has 0 saturated heterocycles. The summed E-state index contributed by atoms with van der Waals surface area (Å²) in [4.78, 5) is 28.4. The zero-order valence-electron chi connectivity index (χ0n) is 12.6. The van der Waals surface area contributed by atoms with Crippen LogP contribution < -0.4 is 11.2 Å². The van der Waals surface area contributed by atoms with Crippen LogP contribution in [-0.2, 0) is 17.8 Å². The summed E-state index contributed by atoms with van der Waals surface area (Å²) >= 11 is 0. The van der Waals surface area contributed by atoms with Crippen LogP contribution >= 0.6 is 0 Å². The second-order valence-electron chi connectivity index (χ2n) is 5.18. The molecule has 0 atom stereocenters. The fourth-order valence-corrected chi connectivity index (χ4v) is 2.44. The quantitative estimate of drug-likeness (QED) is 0.881. The molecule has 5 nitrogen and oxygen atoms in total. The van der Waals surface area contributed by atoms with E-state index in [1.807, 2.05) is 20.8 Å². The fraction of sp³-hybridized carbons (Fsp3) is 0.375. The van der Waals surface area contributed by atoms with Crippen LogP contribution in [0.4, 0.5) is 0 Å². The van der Waals surface area contributed by atoms with Crippen LogP contribution in [0.5, 0.6) is 0 Å². The summed E-state index contributed by atoms with van der Waals surface area (Å²) in [6, 6.07) is 6.19. The van der Waals surface area contributed by atoms with Crippen molar-refractivity contribution in [3.8, 4) is 0 Å². The maximum Gasteiger partial charge on any atom is 0.325 e. The van der Waals surface area contributed by atoms with E-state index < -0.39 is 5.69 Å². The predicted octanol–water partition coefficient (Wildman–Crippen LogP) is 1.81. The number of hydrogen-bond acceptors (Lipinski definition) is 3. The number of aromatic nitrogens is 2. The van der Waals surface area contributed by atoms with Gasteiger partial charge in [-0.15, -0.1) is 0 Å². The van der Waals surface area contributed by atoms with Crippen molar-refractivity contribution in [2.24, 2.45) is 0 Å². The normalized spacial score (nSPS) is 10.8. The van der Waals surface area contributed by atoms with E-state index in [4.69, 9.17) is 4.74 Å². The van der Waals surface area contributed by atoms with Crippen molar-refractivity contribution in [2.75, 3.05) is 6.61 Å². The molecule has 0 unspecified atom stereocenters. The van der Waals surface area contributed by atoms with E-state index in [9.17, 15) is 9.59 Å². The Morgan fingerprint density at radius 2 is 1.71 bits per heavy atom. The molecule has 1 aromatic heterocycles. The molecule has 0 spiro atoms. The molecule has 0 radical (unpaired) electrons. The molecule has 2 rings (SSSR count). The largest absolute Gasteiger partial charge is 0.377 e. The van der Waals surface area contributed by atoms with Crippen molar-refractivity contribution in [3.05, 3.63) is 67.0 Å². The first-order valence-electron chi connectivity index (χ1n) is 6.99. The van der Waals surface area contributed by atoms with Crippen LogP contribution in [0, 0.1) is 13.8 Å². The van der Waals surface area contributed by atoms with Gasteiger partial charge in [0.05, 0.1) is 12.2 Å². The Hall–Kier alpha value is -2.14. The third-order valence-corrected chi connectivity index (χ3v) is 3.24. The summed E-state index contributed by atoms with van der Waals surface area (Å²) in [5, 5.41) is 0. The van der Waals surface area contributed by atoms with E-state index in [2.05, 4.69) is 28.2 Å². The molecule has 2 aromatic rings. The Morgan fingerprint density at radius 3 is 2.33 bits per heavy atom. The highest BCUT2D eigenvalue weighted by Crippen LogP contribution is 2.13. The molecule has 5 heteroatoms. The first-order valence-corrected chi connectivity index (χ1v) is 6.99. The minimum atomic E-state index is -0.486. The number of hydrogen-bond donors (Lipinski definition) is 2. The number of benzene rings is 1. The summed E-state index contributed by atoms with van der Waals surface area (Å²) in [5.74, 6) is 0. The zero-order chi connectivity index (χ0) is 15.4. The smallest absolute Gasteiger partial charge is 0.325 e. The maximum atomic E-state index is 11.9.